The van der Waals surface area contributed by atoms with Gasteiger partial charge in [0.2, 0.25) is 0 Å². The monoisotopic (exact) mass is 227 g/mol. The van der Waals surface area contributed by atoms with Gasteiger partial charge >= 0.3 is 0 Å². The standard InChI is InChI=1S/C9H7ClFN3O/c1-6(10)9-12-14(13-15-9)8-4-2-7(11)3-5-8/h2-5,13H,1H2. The molecule has 0 saturated carbocycles. The lowest BCUT2D eigenvalue weighted by molar-refractivity contribution is 0.203. The molecule has 4 nitrogen and oxygen atoms in total. The third-order valence-corrected chi connectivity index (χ3v) is 1.88. The van der Waals surface area contributed by atoms with E-state index in [1.54, 1.807) is 12.1 Å². The van der Waals surface area contributed by atoms with Gasteiger partial charge in [0.05, 0.1) is 10.7 Å². The van der Waals surface area contributed by atoms with Crippen LogP contribution in [0.25, 0.3) is 0 Å². The minimum Gasteiger partial charge on any atom is -0.364 e. The summed E-state index contributed by atoms with van der Waals surface area (Å²) in [6, 6.07) is 5.74. The molecule has 1 aliphatic heterocycles. The van der Waals surface area contributed by atoms with Crippen molar-refractivity contribution in [2.45, 2.75) is 0 Å². The Balaban J connectivity index is 2.20. The van der Waals surface area contributed by atoms with Crippen LogP contribution in [0.5, 0.6) is 0 Å². The van der Waals surface area contributed by atoms with E-state index in [-0.39, 0.29) is 16.7 Å². The second-order valence-corrected chi connectivity index (χ2v) is 3.25. The fourth-order valence-electron chi connectivity index (χ4n) is 1.02. The molecule has 0 spiro atoms. The van der Waals surface area contributed by atoms with Crippen molar-refractivity contribution in [2.24, 2.45) is 5.10 Å². The average Bonchev–Trinajstić information content (AvgIpc) is 2.68. The normalized spacial score (nSPS) is 14.8. The molecule has 6 heteroatoms. The minimum atomic E-state index is -0.315. The molecule has 1 N–H and O–H groups in total. The first-order valence-electron chi connectivity index (χ1n) is 4.08. The van der Waals surface area contributed by atoms with Crippen LogP contribution in [0.3, 0.4) is 0 Å². The Bertz CT molecular complexity index is 418. The van der Waals surface area contributed by atoms with Crippen molar-refractivity contribution in [3.05, 3.63) is 41.7 Å². The fraction of sp³-hybridized carbons (Fsp3) is 0. The first-order chi connectivity index (χ1) is 7.16. The van der Waals surface area contributed by atoms with E-state index in [0.29, 0.717) is 5.69 Å². The quantitative estimate of drug-likeness (QED) is 0.841. The molecule has 1 aromatic rings. The van der Waals surface area contributed by atoms with E-state index < -0.39 is 0 Å². The number of hydrazine groups is 1. The number of hydrogen-bond acceptors (Lipinski definition) is 4. The number of nitrogens with zero attached hydrogens (tertiary/aromatic N) is 2. The van der Waals surface area contributed by atoms with Gasteiger partial charge in [-0.15, -0.1) is 5.10 Å². The number of anilines is 1. The molecular formula is C9H7ClFN3O. The van der Waals surface area contributed by atoms with E-state index in [1.165, 1.54) is 17.3 Å². The molecular weight excluding hydrogens is 221 g/mol. The SMILES string of the molecule is C=C(Cl)C1=NN(c2ccc(F)cc2)NO1. The lowest BCUT2D eigenvalue weighted by Gasteiger charge is -2.10. The zero-order valence-corrected chi connectivity index (χ0v) is 8.33. The van der Waals surface area contributed by atoms with Crippen LogP contribution in [-0.4, -0.2) is 5.90 Å². The molecule has 0 saturated heterocycles. The minimum absolute atomic E-state index is 0.181. The van der Waals surface area contributed by atoms with Crippen molar-refractivity contribution in [2.75, 3.05) is 5.12 Å². The van der Waals surface area contributed by atoms with Crippen LogP contribution in [0.4, 0.5) is 10.1 Å². The number of halogens is 2. The maximum atomic E-state index is 12.6. The summed E-state index contributed by atoms with van der Waals surface area (Å²) in [5.41, 5.74) is 3.11. The Labute approximate surface area is 90.5 Å². The molecule has 1 aliphatic rings. The van der Waals surface area contributed by atoms with Gasteiger partial charge in [0.15, 0.2) is 0 Å². The zero-order chi connectivity index (χ0) is 10.8. The van der Waals surface area contributed by atoms with E-state index in [1.807, 2.05) is 0 Å². The molecule has 0 unspecified atom stereocenters. The van der Waals surface area contributed by atoms with Crippen LogP contribution in [0.1, 0.15) is 0 Å². The highest BCUT2D eigenvalue weighted by Gasteiger charge is 2.18. The molecule has 0 amide bonds. The van der Waals surface area contributed by atoms with Gasteiger partial charge in [-0.2, -0.15) is 5.12 Å². The summed E-state index contributed by atoms with van der Waals surface area (Å²) in [7, 11) is 0. The van der Waals surface area contributed by atoms with Crippen molar-refractivity contribution in [1.29, 1.82) is 0 Å². The topological polar surface area (TPSA) is 36.9 Å². The van der Waals surface area contributed by atoms with E-state index in [2.05, 4.69) is 17.3 Å². The van der Waals surface area contributed by atoms with Crippen LogP contribution in [0.2, 0.25) is 0 Å². The van der Waals surface area contributed by atoms with Crippen LogP contribution < -0.4 is 10.7 Å². The molecule has 1 aromatic carbocycles. The number of hydrogen-bond donors (Lipinski definition) is 1. The Kier molecular flexibility index (Phi) is 2.57. The van der Waals surface area contributed by atoms with E-state index >= 15 is 0 Å². The van der Waals surface area contributed by atoms with Gasteiger partial charge in [-0.1, -0.05) is 18.2 Å². The largest absolute Gasteiger partial charge is 0.364 e. The predicted octanol–water partition coefficient (Wildman–Crippen LogP) is 2.15. The molecule has 2 rings (SSSR count). The number of hydrazone groups is 1. The van der Waals surface area contributed by atoms with Crippen molar-refractivity contribution in [1.82, 2.24) is 5.59 Å². The Morgan fingerprint density at radius 2 is 2.13 bits per heavy atom. The number of nitrogens with one attached hydrogen (secondary N) is 1. The van der Waals surface area contributed by atoms with Gasteiger partial charge in [0.1, 0.15) is 5.82 Å². The fourth-order valence-corrected chi connectivity index (χ4v) is 1.10. The molecule has 78 valence electrons. The maximum Gasteiger partial charge on any atom is 0.276 e. The Morgan fingerprint density at radius 1 is 1.47 bits per heavy atom. The van der Waals surface area contributed by atoms with Crippen LogP contribution in [0.15, 0.2) is 41.0 Å². The maximum absolute atomic E-state index is 12.6. The summed E-state index contributed by atoms with van der Waals surface area (Å²) in [6.45, 7) is 3.46. The Morgan fingerprint density at radius 3 is 2.67 bits per heavy atom. The van der Waals surface area contributed by atoms with E-state index in [4.69, 9.17) is 16.4 Å². The number of benzene rings is 1. The van der Waals surface area contributed by atoms with E-state index in [0.717, 1.165) is 0 Å². The molecule has 0 aliphatic carbocycles. The molecule has 15 heavy (non-hydrogen) atoms. The second-order valence-electron chi connectivity index (χ2n) is 2.79. The van der Waals surface area contributed by atoms with Gasteiger partial charge in [-0.3, -0.25) is 0 Å². The van der Waals surface area contributed by atoms with Crippen LogP contribution >= 0.6 is 11.6 Å². The molecule has 1 heterocycles. The summed E-state index contributed by atoms with van der Waals surface area (Å²) in [6.07, 6.45) is 0. The van der Waals surface area contributed by atoms with Crippen molar-refractivity contribution >= 4 is 23.2 Å². The highest BCUT2D eigenvalue weighted by molar-refractivity contribution is 6.41. The van der Waals surface area contributed by atoms with Gasteiger partial charge in [-0.25, -0.2) is 4.39 Å². The average molecular weight is 228 g/mol. The highest BCUT2D eigenvalue weighted by atomic mass is 35.5. The lowest BCUT2D eigenvalue weighted by atomic mass is 10.3. The second kappa shape index (κ2) is 3.88. The lowest BCUT2D eigenvalue weighted by Crippen LogP contribution is -2.27. The van der Waals surface area contributed by atoms with Crippen molar-refractivity contribution in [3.63, 3.8) is 0 Å². The third-order valence-electron chi connectivity index (χ3n) is 1.72. The van der Waals surface area contributed by atoms with Crippen LogP contribution in [0, 0.1) is 5.82 Å². The van der Waals surface area contributed by atoms with Gasteiger partial charge in [0, 0.05) is 0 Å². The van der Waals surface area contributed by atoms with Gasteiger partial charge in [0.25, 0.3) is 5.90 Å². The van der Waals surface area contributed by atoms with E-state index in [9.17, 15) is 4.39 Å². The predicted molar refractivity (Wildman–Crippen MR) is 55.5 cm³/mol. The first-order valence-corrected chi connectivity index (χ1v) is 4.46. The Hall–Kier alpha value is -1.59. The van der Waals surface area contributed by atoms with Crippen molar-refractivity contribution in [3.8, 4) is 0 Å². The van der Waals surface area contributed by atoms with Crippen molar-refractivity contribution < 1.29 is 9.23 Å². The summed E-state index contributed by atoms with van der Waals surface area (Å²) in [5, 5.41) is 5.46. The third kappa shape index (κ3) is 2.08. The first kappa shape index (κ1) is 9.95. The van der Waals surface area contributed by atoms with Gasteiger partial charge < -0.3 is 4.84 Å². The summed E-state index contributed by atoms with van der Waals surface area (Å²) in [4.78, 5) is 4.91. The number of rotatable bonds is 2. The molecule has 0 radical (unpaired) electrons. The zero-order valence-electron chi connectivity index (χ0n) is 7.58. The molecule has 0 fully saturated rings. The van der Waals surface area contributed by atoms with Gasteiger partial charge in [-0.05, 0) is 29.9 Å². The summed E-state index contributed by atoms with van der Waals surface area (Å²) in [5.74, 6) is -0.134. The summed E-state index contributed by atoms with van der Waals surface area (Å²) < 4.78 is 12.6. The summed E-state index contributed by atoms with van der Waals surface area (Å²) >= 11 is 5.59. The van der Waals surface area contributed by atoms with Crippen LogP contribution in [-0.2, 0) is 4.84 Å². The molecule has 0 aromatic heterocycles. The smallest absolute Gasteiger partial charge is 0.276 e. The molecule has 0 atom stereocenters. The highest BCUT2D eigenvalue weighted by Crippen LogP contribution is 2.17. The molecule has 0 bridgehead atoms.